The lowest BCUT2D eigenvalue weighted by Gasteiger charge is -2.23. The maximum absolute atomic E-state index is 12.9. The van der Waals surface area contributed by atoms with Gasteiger partial charge in [-0.3, -0.25) is 4.98 Å². The van der Waals surface area contributed by atoms with Crippen molar-refractivity contribution in [2.45, 2.75) is 18.9 Å². The zero-order valence-electron chi connectivity index (χ0n) is 11.2. The molecule has 0 spiro atoms. The molecular formula is C15H15BrFNO2. The van der Waals surface area contributed by atoms with Crippen molar-refractivity contribution < 1.29 is 14.2 Å². The predicted molar refractivity (Wildman–Crippen MR) is 78.2 cm³/mol. The Kier molecular flexibility index (Phi) is 4.40. The standard InChI is InChI=1S/C15H15BrFNO2/c1-15(19,14-6-3-11(17)9-18-14)8-10-7-12(20-2)4-5-13(10)16/h3-7,9,19H,8H2,1-2H3. The molecule has 1 aromatic heterocycles. The molecule has 0 aliphatic carbocycles. The van der Waals surface area contributed by atoms with Gasteiger partial charge in [-0.25, -0.2) is 4.39 Å². The highest BCUT2D eigenvalue weighted by atomic mass is 79.9. The molecule has 0 aliphatic rings. The Morgan fingerprint density at radius 2 is 2.10 bits per heavy atom. The van der Waals surface area contributed by atoms with Gasteiger partial charge in [0.25, 0.3) is 0 Å². The summed E-state index contributed by atoms with van der Waals surface area (Å²) in [7, 11) is 1.59. The summed E-state index contributed by atoms with van der Waals surface area (Å²) in [5.74, 6) is 0.290. The van der Waals surface area contributed by atoms with Gasteiger partial charge in [-0.15, -0.1) is 0 Å². The highest BCUT2D eigenvalue weighted by molar-refractivity contribution is 9.10. The third-order valence-corrected chi connectivity index (χ3v) is 3.84. The molecule has 1 heterocycles. The van der Waals surface area contributed by atoms with Crippen molar-refractivity contribution in [1.29, 1.82) is 0 Å². The lowest BCUT2D eigenvalue weighted by Crippen LogP contribution is -2.25. The number of halogens is 2. The number of ether oxygens (including phenoxy) is 1. The lowest BCUT2D eigenvalue weighted by molar-refractivity contribution is 0.0527. The van der Waals surface area contributed by atoms with E-state index in [1.54, 1.807) is 14.0 Å². The van der Waals surface area contributed by atoms with Gasteiger partial charge in [0.1, 0.15) is 17.2 Å². The maximum atomic E-state index is 12.9. The van der Waals surface area contributed by atoms with E-state index in [-0.39, 0.29) is 0 Å². The first-order chi connectivity index (χ1) is 9.42. The summed E-state index contributed by atoms with van der Waals surface area (Å²) in [5.41, 5.74) is 0.122. The van der Waals surface area contributed by atoms with Crippen LogP contribution in [0.25, 0.3) is 0 Å². The molecule has 106 valence electrons. The second-order valence-electron chi connectivity index (χ2n) is 4.77. The van der Waals surface area contributed by atoms with Crippen molar-refractivity contribution in [2.24, 2.45) is 0 Å². The van der Waals surface area contributed by atoms with Crippen molar-refractivity contribution in [2.75, 3.05) is 7.11 Å². The van der Waals surface area contributed by atoms with Gasteiger partial charge >= 0.3 is 0 Å². The van der Waals surface area contributed by atoms with Crippen LogP contribution in [-0.2, 0) is 12.0 Å². The SMILES string of the molecule is COc1ccc(Br)c(CC(C)(O)c2ccc(F)cn2)c1. The highest BCUT2D eigenvalue weighted by Crippen LogP contribution is 2.30. The number of hydrogen-bond acceptors (Lipinski definition) is 3. The molecule has 1 N–H and O–H groups in total. The molecule has 1 atom stereocenters. The molecular weight excluding hydrogens is 325 g/mol. The summed E-state index contributed by atoms with van der Waals surface area (Å²) in [4.78, 5) is 3.95. The van der Waals surface area contributed by atoms with Crippen LogP contribution in [0.4, 0.5) is 4.39 Å². The molecule has 5 heteroatoms. The highest BCUT2D eigenvalue weighted by Gasteiger charge is 2.26. The first-order valence-corrected chi connectivity index (χ1v) is 6.88. The molecule has 1 unspecified atom stereocenters. The average Bonchev–Trinajstić information content (AvgIpc) is 2.41. The zero-order chi connectivity index (χ0) is 14.8. The molecule has 20 heavy (non-hydrogen) atoms. The number of hydrogen-bond donors (Lipinski definition) is 1. The summed E-state index contributed by atoms with van der Waals surface area (Å²) < 4.78 is 19.0. The van der Waals surface area contributed by atoms with Crippen molar-refractivity contribution in [3.63, 3.8) is 0 Å². The third kappa shape index (κ3) is 3.35. The second-order valence-corrected chi connectivity index (χ2v) is 5.62. The summed E-state index contributed by atoms with van der Waals surface area (Å²) in [6.45, 7) is 1.65. The Morgan fingerprint density at radius 3 is 2.70 bits per heavy atom. The van der Waals surface area contributed by atoms with Gasteiger partial charge in [0.2, 0.25) is 0 Å². The second kappa shape index (κ2) is 5.89. The van der Waals surface area contributed by atoms with E-state index >= 15 is 0 Å². The van der Waals surface area contributed by atoms with E-state index in [0.717, 1.165) is 16.2 Å². The van der Waals surface area contributed by atoms with E-state index in [2.05, 4.69) is 20.9 Å². The van der Waals surface area contributed by atoms with E-state index in [4.69, 9.17) is 4.74 Å². The monoisotopic (exact) mass is 339 g/mol. The minimum absolute atomic E-state index is 0.337. The Balaban J connectivity index is 2.29. The van der Waals surface area contributed by atoms with Crippen LogP contribution in [0.5, 0.6) is 5.75 Å². The van der Waals surface area contributed by atoms with Crippen molar-refractivity contribution in [3.05, 3.63) is 58.1 Å². The molecule has 2 rings (SSSR count). The number of aliphatic hydroxyl groups is 1. The molecule has 1 aromatic carbocycles. The lowest BCUT2D eigenvalue weighted by atomic mass is 9.92. The molecule has 0 saturated heterocycles. The fourth-order valence-corrected chi connectivity index (χ4v) is 2.36. The van der Waals surface area contributed by atoms with Crippen LogP contribution in [0.15, 0.2) is 41.0 Å². The van der Waals surface area contributed by atoms with Crippen LogP contribution in [0, 0.1) is 5.82 Å². The molecule has 3 nitrogen and oxygen atoms in total. The number of benzene rings is 1. The van der Waals surface area contributed by atoms with E-state index in [1.807, 2.05) is 18.2 Å². The van der Waals surface area contributed by atoms with Crippen molar-refractivity contribution >= 4 is 15.9 Å². The summed E-state index contributed by atoms with van der Waals surface area (Å²) in [6, 6.07) is 8.32. The van der Waals surface area contributed by atoms with Crippen LogP contribution < -0.4 is 4.74 Å². The van der Waals surface area contributed by atoms with Crippen LogP contribution in [0.1, 0.15) is 18.2 Å². The Hall–Kier alpha value is -1.46. The number of rotatable bonds is 4. The average molecular weight is 340 g/mol. The van der Waals surface area contributed by atoms with Gasteiger partial charge in [0.05, 0.1) is 19.0 Å². The Bertz CT molecular complexity index is 599. The van der Waals surface area contributed by atoms with Crippen molar-refractivity contribution in [3.8, 4) is 5.75 Å². The number of methoxy groups -OCH3 is 1. The predicted octanol–water partition coefficient (Wildman–Crippen LogP) is 3.44. The topological polar surface area (TPSA) is 42.4 Å². The largest absolute Gasteiger partial charge is 0.497 e. The summed E-state index contributed by atoms with van der Waals surface area (Å²) >= 11 is 3.45. The summed E-state index contributed by atoms with van der Waals surface area (Å²) in [5, 5.41) is 10.6. The van der Waals surface area contributed by atoms with E-state index < -0.39 is 11.4 Å². The smallest absolute Gasteiger partial charge is 0.141 e. The van der Waals surface area contributed by atoms with Crippen LogP contribution in [0.2, 0.25) is 0 Å². The van der Waals surface area contributed by atoms with Gasteiger partial charge in [-0.2, -0.15) is 0 Å². The first kappa shape index (κ1) is 14.9. The van der Waals surface area contributed by atoms with E-state index in [1.165, 1.54) is 12.1 Å². The quantitative estimate of drug-likeness (QED) is 0.927. The fraction of sp³-hybridized carbons (Fsp3) is 0.267. The molecule has 0 amide bonds. The Morgan fingerprint density at radius 1 is 1.35 bits per heavy atom. The molecule has 0 aliphatic heterocycles. The van der Waals surface area contributed by atoms with Gasteiger partial charge in [-0.05, 0) is 42.8 Å². The fourth-order valence-electron chi connectivity index (χ4n) is 1.97. The number of nitrogens with zero attached hydrogens (tertiary/aromatic N) is 1. The van der Waals surface area contributed by atoms with E-state index in [0.29, 0.717) is 17.9 Å². The van der Waals surface area contributed by atoms with Crippen LogP contribution in [-0.4, -0.2) is 17.2 Å². The van der Waals surface area contributed by atoms with Gasteiger partial charge in [-0.1, -0.05) is 15.9 Å². The molecule has 0 fully saturated rings. The molecule has 0 bridgehead atoms. The van der Waals surface area contributed by atoms with Gasteiger partial charge in [0.15, 0.2) is 0 Å². The summed E-state index contributed by atoms with van der Waals surface area (Å²) in [6.07, 6.45) is 1.44. The first-order valence-electron chi connectivity index (χ1n) is 6.09. The van der Waals surface area contributed by atoms with Crippen LogP contribution in [0.3, 0.4) is 0 Å². The van der Waals surface area contributed by atoms with Gasteiger partial charge < -0.3 is 9.84 Å². The van der Waals surface area contributed by atoms with Crippen molar-refractivity contribution in [1.82, 2.24) is 4.98 Å². The minimum Gasteiger partial charge on any atom is -0.497 e. The zero-order valence-corrected chi connectivity index (χ0v) is 12.8. The van der Waals surface area contributed by atoms with E-state index in [9.17, 15) is 9.50 Å². The number of aromatic nitrogens is 1. The van der Waals surface area contributed by atoms with Gasteiger partial charge in [0, 0.05) is 10.9 Å². The molecule has 2 aromatic rings. The third-order valence-electron chi connectivity index (χ3n) is 3.07. The molecule has 0 radical (unpaired) electrons. The van der Waals surface area contributed by atoms with Crippen LogP contribution >= 0.6 is 15.9 Å². The molecule has 0 saturated carbocycles. The normalized spacial score (nSPS) is 13.8. The number of pyridine rings is 1. The minimum atomic E-state index is -1.19. The maximum Gasteiger partial charge on any atom is 0.141 e. The Labute approximate surface area is 125 Å².